The number of Topliss-reactive ketones (excluding diaryl/α,β-unsaturated/α-hetero) is 1. The van der Waals surface area contributed by atoms with Crippen molar-refractivity contribution in [3.05, 3.63) is 29.8 Å². The maximum atomic E-state index is 11.9. The van der Waals surface area contributed by atoms with Crippen LogP contribution in [-0.2, 0) is 14.3 Å². The molecule has 26 heavy (non-hydrogen) atoms. The number of ketones is 1. The van der Waals surface area contributed by atoms with Crippen LogP contribution in [0.3, 0.4) is 0 Å². The SMILES string of the molecule is CCC(C)(C)C(=O)OCCOCCOc1ccc(C(=O)C(C)(C)O)cc1. The molecule has 0 amide bonds. The summed E-state index contributed by atoms with van der Waals surface area (Å²) in [5.41, 5.74) is -1.44. The van der Waals surface area contributed by atoms with Gasteiger partial charge in [-0.25, -0.2) is 0 Å². The summed E-state index contributed by atoms with van der Waals surface area (Å²) in [7, 11) is 0. The number of carbonyl (C=O) groups is 2. The maximum absolute atomic E-state index is 11.9. The van der Waals surface area contributed by atoms with Crippen LogP contribution in [-0.4, -0.2) is 48.9 Å². The van der Waals surface area contributed by atoms with Gasteiger partial charge in [-0.2, -0.15) is 0 Å². The molecule has 0 heterocycles. The van der Waals surface area contributed by atoms with Crippen molar-refractivity contribution in [3.63, 3.8) is 0 Å². The number of ether oxygens (including phenoxy) is 3. The van der Waals surface area contributed by atoms with E-state index in [-0.39, 0.29) is 18.4 Å². The number of benzene rings is 1. The Balaban J connectivity index is 2.23. The molecule has 1 rings (SSSR count). The van der Waals surface area contributed by atoms with Gasteiger partial charge in [-0.05, 0) is 58.4 Å². The summed E-state index contributed by atoms with van der Waals surface area (Å²) < 4.78 is 16.1. The van der Waals surface area contributed by atoms with Crippen LogP contribution in [0.25, 0.3) is 0 Å². The van der Waals surface area contributed by atoms with Gasteiger partial charge in [-0.15, -0.1) is 0 Å². The van der Waals surface area contributed by atoms with Gasteiger partial charge in [0.15, 0.2) is 5.78 Å². The lowest BCUT2D eigenvalue weighted by Crippen LogP contribution is -2.30. The topological polar surface area (TPSA) is 82.1 Å². The fraction of sp³-hybridized carbons (Fsp3) is 0.600. The standard InChI is InChI=1S/C20H30O6/c1-6-19(2,3)18(22)26-14-12-24-11-13-25-16-9-7-15(8-10-16)17(21)20(4,5)23/h7-10,23H,6,11-14H2,1-5H3. The van der Waals surface area contributed by atoms with E-state index in [1.165, 1.54) is 13.8 Å². The van der Waals surface area contributed by atoms with Gasteiger partial charge in [0.25, 0.3) is 0 Å². The van der Waals surface area contributed by atoms with E-state index in [0.29, 0.717) is 31.1 Å². The molecule has 0 aliphatic heterocycles. The smallest absolute Gasteiger partial charge is 0.311 e. The minimum atomic E-state index is -1.40. The number of hydrogen-bond acceptors (Lipinski definition) is 6. The molecule has 0 aromatic heterocycles. The van der Waals surface area contributed by atoms with Crippen LogP contribution >= 0.6 is 0 Å². The van der Waals surface area contributed by atoms with Crippen molar-refractivity contribution in [1.82, 2.24) is 0 Å². The fourth-order valence-electron chi connectivity index (χ4n) is 1.91. The average Bonchev–Trinajstić information content (AvgIpc) is 2.59. The number of esters is 1. The summed E-state index contributed by atoms with van der Waals surface area (Å²) in [6, 6.07) is 6.58. The Labute approximate surface area is 155 Å². The summed E-state index contributed by atoms with van der Waals surface area (Å²) in [5, 5.41) is 9.72. The molecule has 1 aromatic rings. The number of carbonyl (C=O) groups excluding carboxylic acids is 2. The van der Waals surface area contributed by atoms with Gasteiger partial charge >= 0.3 is 5.97 Å². The Morgan fingerprint density at radius 1 is 0.962 bits per heavy atom. The van der Waals surface area contributed by atoms with Gasteiger partial charge in [0.2, 0.25) is 0 Å². The fourth-order valence-corrected chi connectivity index (χ4v) is 1.91. The van der Waals surface area contributed by atoms with E-state index in [4.69, 9.17) is 14.2 Å². The summed E-state index contributed by atoms with van der Waals surface area (Å²) in [6.45, 7) is 9.79. The molecule has 0 atom stereocenters. The number of aliphatic hydroxyl groups is 1. The second kappa shape index (κ2) is 9.69. The molecule has 0 bridgehead atoms. The Bertz CT molecular complexity index is 583. The van der Waals surface area contributed by atoms with Crippen molar-refractivity contribution in [3.8, 4) is 5.75 Å². The molecule has 146 valence electrons. The summed E-state index contributed by atoms with van der Waals surface area (Å²) in [6.07, 6.45) is 0.723. The Morgan fingerprint density at radius 3 is 2.08 bits per heavy atom. The van der Waals surface area contributed by atoms with Crippen molar-refractivity contribution in [2.75, 3.05) is 26.4 Å². The molecule has 0 radical (unpaired) electrons. The van der Waals surface area contributed by atoms with Gasteiger partial charge in [0.05, 0.1) is 18.6 Å². The highest BCUT2D eigenvalue weighted by molar-refractivity contribution is 6.01. The molecule has 0 aliphatic rings. The Morgan fingerprint density at radius 2 is 1.54 bits per heavy atom. The zero-order valence-electron chi connectivity index (χ0n) is 16.3. The van der Waals surface area contributed by atoms with Crippen molar-refractivity contribution in [2.24, 2.45) is 5.41 Å². The van der Waals surface area contributed by atoms with Gasteiger partial charge in [0, 0.05) is 5.56 Å². The van der Waals surface area contributed by atoms with E-state index in [1.807, 2.05) is 20.8 Å². The predicted octanol–water partition coefficient (Wildman–Crippen LogP) is 3.02. The van der Waals surface area contributed by atoms with E-state index >= 15 is 0 Å². The van der Waals surface area contributed by atoms with Gasteiger partial charge in [-0.1, -0.05) is 6.92 Å². The summed E-state index contributed by atoms with van der Waals surface area (Å²) >= 11 is 0. The maximum Gasteiger partial charge on any atom is 0.311 e. The zero-order chi connectivity index (χ0) is 19.8. The second-order valence-corrected chi connectivity index (χ2v) is 7.25. The monoisotopic (exact) mass is 366 g/mol. The molecule has 0 fully saturated rings. The van der Waals surface area contributed by atoms with E-state index in [0.717, 1.165) is 6.42 Å². The molecule has 0 spiro atoms. The van der Waals surface area contributed by atoms with Crippen molar-refractivity contribution < 1.29 is 28.9 Å². The first kappa shape index (κ1) is 22.1. The summed E-state index contributed by atoms with van der Waals surface area (Å²) in [4.78, 5) is 23.7. The molecule has 0 saturated carbocycles. The van der Waals surface area contributed by atoms with Crippen molar-refractivity contribution in [1.29, 1.82) is 0 Å². The molecule has 0 unspecified atom stereocenters. The molecule has 6 nitrogen and oxygen atoms in total. The minimum absolute atomic E-state index is 0.218. The molecule has 6 heteroatoms. The van der Waals surface area contributed by atoms with Gasteiger partial charge in [-0.3, -0.25) is 9.59 Å². The molecule has 0 aliphatic carbocycles. The zero-order valence-corrected chi connectivity index (χ0v) is 16.3. The van der Waals surface area contributed by atoms with Gasteiger partial charge < -0.3 is 19.3 Å². The highest BCUT2D eigenvalue weighted by Gasteiger charge is 2.27. The summed E-state index contributed by atoms with van der Waals surface area (Å²) in [5.74, 6) is 0.0470. The van der Waals surface area contributed by atoms with Crippen LogP contribution in [0.2, 0.25) is 0 Å². The van der Waals surface area contributed by atoms with E-state index in [1.54, 1.807) is 24.3 Å². The number of rotatable bonds is 11. The van der Waals surface area contributed by atoms with Crippen LogP contribution < -0.4 is 4.74 Å². The van der Waals surface area contributed by atoms with Gasteiger partial charge in [0.1, 0.15) is 24.6 Å². The highest BCUT2D eigenvalue weighted by Crippen LogP contribution is 2.21. The Hall–Kier alpha value is -1.92. The third-order valence-electron chi connectivity index (χ3n) is 4.07. The average molecular weight is 366 g/mol. The third-order valence-corrected chi connectivity index (χ3v) is 4.07. The van der Waals surface area contributed by atoms with Crippen molar-refractivity contribution in [2.45, 2.75) is 46.6 Å². The van der Waals surface area contributed by atoms with Crippen LogP contribution in [0.15, 0.2) is 24.3 Å². The molecule has 1 N–H and O–H groups in total. The largest absolute Gasteiger partial charge is 0.491 e. The second-order valence-electron chi connectivity index (χ2n) is 7.25. The highest BCUT2D eigenvalue weighted by atomic mass is 16.6. The first-order valence-corrected chi connectivity index (χ1v) is 8.83. The number of hydrogen-bond donors (Lipinski definition) is 1. The van der Waals surface area contributed by atoms with Crippen LogP contribution in [0.4, 0.5) is 0 Å². The van der Waals surface area contributed by atoms with Crippen LogP contribution in [0.1, 0.15) is 51.4 Å². The third kappa shape index (κ3) is 7.14. The molecule has 0 saturated heterocycles. The van der Waals surface area contributed by atoms with Crippen LogP contribution in [0, 0.1) is 5.41 Å². The quantitative estimate of drug-likeness (QED) is 0.368. The first-order chi connectivity index (χ1) is 12.1. The lowest BCUT2D eigenvalue weighted by atomic mass is 9.91. The lowest BCUT2D eigenvalue weighted by molar-refractivity contribution is -0.155. The minimum Gasteiger partial charge on any atom is -0.491 e. The Kier molecular flexibility index (Phi) is 8.24. The van der Waals surface area contributed by atoms with E-state index in [2.05, 4.69) is 0 Å². The van der Waals surface area contributed by atoms with E-state index in [9.17, 15) is 14.7 Å². The van der Waals surface area contributed by atoms with Crippen molar-refractivity contribution >= 4 is 11.8 Å². The molecular weight excluding hydrogens is 336 g/mol. The van der Waals surface area contributed by atoms with E-state index < -0.39 is 11.0 Å². The lowest BCUT2D eigenvalue weighted by Gasteiger charge is -2.20. The molecular formula is C20H30O6. The van der Waals surface area contributed by atoms with Crippen LogP contribution in [0.5, 0.6) is 5.75 Å². The first-order valence-electron chi connectivity index (χ1n) is 8.83. The molecule has 1 aromatic carbocycles. The predicted molar refractivity (Wildman–Crippen MR) is 98.4 cm³/mol. The normalized spacial score (nSPS) is 11.9.